The number of aryl methyl sites for hydroxylation is 1. The third kappa shape index (κ3) is 3.48. The number of hydrogen-bond donors (Lipinski definition) is 5. The zero-order valence-corrected chi connectivity index (χ0v) is 15.7. The van der Waals surface area contributed by atoms with Crippen molar-refractivity contribution in [1.29, 1.82) is 0 Å². The molecule has 0 amide bonds. The van der Waals surface area contributed by atoms with Crippen molar-refractivity contribution in [3.8, 4) is 0 Å². The largest absolute Gasteiger partial charge is 0.382 e. The van der Waals surface area contributed by atoms with Crippen LogP contribution in [0.1, 0.15) is 24.6 Å². The van der Waals surface area contributed by atoms with E-state index in [1.807, 2.05) is 6.92 Å². The van der Waals surface area contributed by atoms with Gasteiger partial charge < -0.3 is 11.1 Å². The van der Waals surface area contributed by atoms with Gasteiger partial charge in [-0.3, -0.25) is 16.0 Å². The zero-order chi connectivity index (χ0) is 19.5. The highest BCUT2D eigenvalue weighted by molar-refractivity contribution is 5.64. The second kappa shape index (κ2) is 8.03. The van der Waals surface area contributed by atoms with Gasteiger partial charge in [-0.25, -0.2) is 14.2 Å². The van der Waals surface area contributed by atoms with Crippen LogP contribution < -0.4 is 27.0 Å². The lowest BCUT2D eigenvalue weighted by Gasteiger charge is -2.25. The summed E-state index contributed by atoms with van der Waals surface area (Å²) in [5, 5.41) is 30.8. The minimum atomic E-state index is -0.168. The molecule has 4 rings (SSSR count). The first-order valence-electron chi connectivity index (χ1n) is 9.31. The summed E-state index contributed by atoms with van der Waals surface area (Å²) in [5.41, 5.74) is 7.79. The summed E-state index contributed by atoms with van der Waals surface area (Å²) in [6, 6.07) is 0. The van der Waals surface area contributed by atoms with Gasteiger partial charge >= 0.3 is 0 Å². The predicted octanol–water partition coefficient (Wildman–Crippen LogP) is 0.667. The van der Waals surface area contributed by atoms with Crippen molar-refractivity contribution in [3.05, 3.63) is 23.3 Å². The van der Waals surface area contributed by atoms with Gasteiger partial charge in [0.1, 0.15) is 6.17 Å². The van der Waals surface area contributed by atoms with E-state index >= 15 is 0 Å². The maximum absolute atomic E-state index is 7.39. The number of piperazine rings is 1. The molecule has 2 aliphatic heterocycles. The summed E-state index contributed by atoms with van der Waals surface area (Å²) in [5.74, 6) is 0.817. The fourth-order valence-corrected chi connectivity index (χ4v) is 3.35. The number of nitrogens with one attached hydrogen (secondary N) is 4. The summed E-state index contributed by atoms with van der Waals surface area (Å²) in [6.07, 6.45) is 2.30. The molecule has 0 saturated carbocycles. The minimum absolute atomic E-state index is 0.0880. The fourth-order valence-electron chi connectivity index (χ4n) is 3.35. The highest BCUT2D eigenvalue weighted by Crippen LogP contribution is 2.34. The van der Waals surface area contributed by atoms with E-state index in [4.69, 9.17) is 12.3 Å². The van der Waals surface area contributed by atoms with Gasteiger partial charge in [0.25, 0.3) is 5.69 Å². The molecule has 6 N–H and O–H groups in total. The van der Waals surface area contributed by atoms with Crippen LogP contribution in [-0.2, 0) is 0 Å². The number of rotatable bonds is 4. The average Bonchev–Trinajstić information content (AvgIpc) is 3.28. The first-order chi connectivity index (χ1) is 13.7. The molecule has 4 heterocycles. The molecule has 0 radical (unpaired) electrons. The second-order valence-electron chi connectivity index (χ2n) is 6.71. The molecule has 2 aliphatic rings. The quantitative estimate of drug-likeness (QED) is 0.386. The van der Waals surface area contributed by atoms with Crippen LogP contribution in [-0.4, -0.2) is 52.3 Å². The molecule has 28 heavy (non-hydrogen) atoms. The summed E-state index contributed by atoms with van der Waals surface area (Å²) < 4.78 is 3.37. The molecule has 148 valence electrons. The summed E-state index contributed by atoms with van der Waals surface area (Å²) in [7, 11) is 0. The summed E-state index contributed by atoms with van der Waals surface area (Å²) in [4.78, 5) is 3.51. The van der Waals surface area contributed by atoms with Gasteiger partial charge in [-0.15, -0.1) is 10.2 Å². The molecule has 1 atom stereocenters. The molecule has 0 spiro atoms. The average molecular weight is 384 g/mol. The Hall–Kier alpha value is -2.85. The normalized spacial score (nSPS) is 21.2. The van der Waals surface area contributed by atoms with Crippen molar-refractivity contribution >= 4 is 23.0 Å². The van der Waals surface area contributed by atoms with Crippen molar-refractivity contribution in [1.82, 2.24) is 40.8 Å². The smallest absolute Gasteiger partial charge is 0.251 e. The van der Waals surface area contributed by atoms with Gasteiger partial charge in [0.2, 0.25) is 0 Å². The van der Waals surface area contributed by atoms with Gasteiger partial charge in [0.15, 0.2) is 23.6 Å². The van der Waals surface area contributed by atoms with Gasteiger partial charge in [-0.2, -0.15) is 10.2 Å². The Morgan fingerprint density at radius 3 is 2.71 bits per heavy atom. The maximum Gasteiger partial charge on any atom is 0.251 e. The van der Waals surface area contributed by atoms with Gasteiger partial charge in [0, 0.05) is 19.6 Å². The van der Waals surface area contributed by atoms with E-state index in [-0.39, 0.29) is 12.5 Å². The lowest BCUT2D eigenvalue weighted by Crippen LogP contribution is -2.45. The van der Waals surface area contributed by atoms with E-state index in [2.05, 4.69) is 46.5 Å². The van der Waals surface area contributed by atoms with Crippen LogP contribution in [0.3, 0.4) is 0 Å². The van der Waals surface area contributed by atoms with Crippen molar-refractivity contribution in [3.63, 3.8) is 0 Å². The zero-order valence-electron chi connectivity index (χ0n) is 15.7. The number of hydrogen-bond acceptors (Lipinski definition) is 9. The minimum Gasteiger partial charge on any atom is -0.382 e. The molecule has 1 unspecified atom stereocenters. The van der Waals surface area contributed by atoms with Crippen LogP contribution in [0.2, 0.25) is 0 Å². The van der Waals surface area contributed by atoms with Crippen LogP contribution in [0, 0.1) is 13.5 Å². The monoisotopic (exact) mass is 384 g/mol. The molecule has 12 heteroatoms. The van der Waals surface area contributed by atoms with E-state index < -0.39 is 0 Å². The molecule has 0 aliphatic carbocycles. The topological polar surface area (TPSA) is 139 Å². The Morgan fingerprint density at radius 2 is 2.00 bits per heavy atom. The lowest BCUT2D eigenvalue weighted by atomic mass is 10.3. The Balaban J connectivity index is 1.63. The molecule has 2 aromatic rings. The molecule has 2 aromatic heterocycles. The Bertz CT molecular complexity index is 892. The van der Waals surface area contributed by atoms with Crippen molar-refractivity contribution in [2.75, 3.05) is 38.5 Å². The van der Waals surface area contributed by atoms with Gasteiger partial charge in [0.05, 0.1) is 18.5 Å². The number of aromatic nitrogens is 4. The summed E-state index contributed by atoms with van der Waals surface area (Å²) >= 11 is 0. The van der Waals surface area contributed by atoms with Crippen LogP contribution in [0.5, 0.6) is 0 Å². The number of azo groups is 1. The van der Waals surface area contributed by atoms with Crippen molar-refractivity contribution in [2.24, 2.45) is 10.2 Å². The highest BCUT2D eigenvalue weighted by Gasteiger charge is 2.23. The first kappa shape index (κ1) is 18.5. The molecule has 2 saturated heterocycles. The predicted molar refractivity (Wildman–Crippen MR) is 104 cm³/mol. The van der Waals surface area contributed by atoms with E-state index in [1.165, 1.54) is 6.20 Å². The highest BCUT2D eigenvalue weighted by atomic mass is 15.5. The third-order valence-corrected chi connectivity index (χ3v) is 4.79. The standard InChI is InChI=1S/C16H24N12/c1-10-13(14(17)28(26-10)16-21-4-3-5-22-16)24-25-15-11(18-2)8-23-27(15)12-9-19-6-7-20-12/h8,12,16,19-22H,3-7,9,17H2,1H3. The molecular formula is C16H24N12. The number of nitrogens with zero attached hydrogens (tertiary/aromatic N) is 7. The Labute approximate surface area is 162 Å². The van der Waals surface area contributed by atoms with E-state index in [9.17, 15) is 0 Å². The fraction of sp³-hybridized carbons (Fsp3) is 0.562. The molecule has 0 aromatic carbocycles. The van der Waals surface area contributed by atoms with Crippen LogP contribution in [0.15, 0.2) is 16.4 Å². The van der Waals surface area contributed by atoms with Crippen molar-refractivity contribution < 1.29 is 0 Å². The molecule has 0 bridgehead atoms. The SMILES string of the molecule is [C-]#[N+]c1cnn(C2CNCCN2)c1N=Nc1c(C)nn(C2NCCCN2)c1N. The maximum atomic E-state index is 7.39. The third-order valence-electron chi connectivity index (χ3n) is 4.79. The first-order valence-corrected chi connectivity index (χ1v) is 9.31. The van der Waals surface area contributed by atoms with Crippen LogP contribution in [0.25, 0.3) is 4.85 Å². The number of anilines is 1. The number of nitrogen functional groups attached to an aromatic ring is 1. The van der Waals surface area contributed by atoms with Gasteiger partial charge in [-0.1, -0.05) is 0 Å². The Kier molecular flexibility index (Phi) is 5.31. The van der Waals surface area contributed by atoms with E-state index in [1.54, 1.807) is 9.36 Å². The molecule has 12 nitrogen and oxygen atoms in total. The van der Waals surface area contributed by atoms with Gasteiger partial charge in [-0.05, 0) is 26.4 Å². The van der Waals surface area contributed by atoms with Crippen LogP contribution >= 0.6 is 0 Å². The van der Waals surface area contributed by atoms with E-state index in [0.29, 0.717) is 35.2 Å². The molecular weight excluding hydrogens is 360 g/mol. The Morgan fingerprint density at radius 1 is 1.18 bits per heavy atom. The number of nitrogens with two attached hydrogens (primary N) is 1. The summed E-state index contributed by atoms with van der Waals surface area (Å²) in [6.45, 7) is 13.4. The second-order valence-corrected chi connectivity index (χ2v) is 6.71. The van der Waals surface area contributed by atoms with Crippen LogP contribution in [0.4, 0.5) is 23.0 Å². The lowest BCUT2D eigenvalue weighted by molar-refractivity contribution is 0.270. The molecule has 2 fully saturated rings. The van der Waals surface area contributed by atoms with Crippen molar-refractivity contribution in [2.45, 2.75) is 25.8 Å². The van der Waals surface area contributed by atoms with E-state index in [0.717, 1.165) is 32.6 Å².